The van der Waals surface area contributed by atoms with E-state index in [1.165, 1.54) is 44.2 Å². The number of amides is 1. The second-order valence-corrected chi connectivity index (χ2v) is 11.5. The number of benzene rings is 1. The molecule has 3 rings (SSSR count). The molecule has 1 aliphatic heterocycles. The number of piperidine rings is 1. The van der Waals surface area contributed by atoms with E-state index in [1.807, 2.05) is 4.90 Å². The van der Waals surface area contributed by atoms with Crippen molar-refractivity contribution in [2.24, 2.45) is 23.5 Å². The van der Waals surface area contributed by atoms with E-state index in [9.17, 15) is 4.79 Å². The zero-order chi connectivity index (χ0) is 24.5. The minimum atomic E-state index is -0.366. The lowest BCUT2D eigenvalue weighted by atomic mass is 9.90. The second kappa shape index (κ2) is 13.4. The fourth-order valence-electron chi connectivity index (χ4n) is 5.46. The smallest absolute Gasteiger partial charge is 0.239 e. The van der Waals surface area contributed by atoms with Gasteiger partial charge in [-0.25, -0.2) is 0 Å². The molecule has 5 heteroatoms. The summed E-state index contributed by atoms with van der Waals surface area (Å²) in [6.07, 6.45) is 10.6. The number of carbonyl (C=O) groups is 1. The largest absolute Gasteiger partial charge is 0.493 e. The van der Waals surface area contributed by atoms with Gasteiger partial charge in [-0.1, -0.05) is 47.0 Å². The van der Waals surface area contributed by atoms with Crippen LogP contribution in [0.15, 0.2) is 24.3 Å². The highest BCUT2D eigenvalue weighted by Gasteiger charge is 2.29. The highest BCUT2D eigenvalue weighted by atomic mass is 16.5. The minimum Gasteiger partial charge on any atom is -0.493 e. The van der Waals surface area contributed by atoms with Crippen molar-refractivity contribution in [3.05, 3.63) is 24.3 Å². The molecule has 1 saturated heterocycles. The van der Waals surface area contributed by atoms with Crippen molar-refractivity contribution in [1.82, 2.24) is 4.90 Å². The number of carbonyl (C=O) groups excluding carboxylic acids is 1. The first-order chi connectivity index (χ1) is 16.3. The Morgan fingerprint density at radius 2 is 1.65 bits per heavy atom. The molecule has 5 nitrogen and oxygen atoms in total. The Kier molecular flexibility index (Phi) is 10.6. The number of nitrogens with zero attached hydrogens (tertiary/aromatic N) is 2. The molecular formula is C29H49N3O2. The molecule has 0 bridgehead atoms. The number of rotatable bonds is 11. The van der Waals surface area contributed by atoms with Gasteiger partial charge in [0.1, 0.15) is 5.75 Å². The van der Waals surface area contributed by atoms with E-state index in [0.717, 1.165) is 57.2 Å². The Balaban J connectivity index is 1.58. The van der Waals surface area contributed by atoms with E-state index in [0.29, 0.717) is 17.9 Å². The maximum Gasteiger partial charge on any atom is 0.239 e. The van der Waals surface area contributed by atoms with E-state index in [-0.39, 0.29) is 11.9 Å². The van der Waals surface area contributed by atoms with Gasteiger partial charge in [0.25, 0.3) is 0 Å². The fourth-order valence-corrected chi connectivity index (χ4v) is 5.46. The summed E-state index contributed by atoms with van der Waals surface area (Å²) < 4.78 is 6.14. The monoisotopic (exact) mass is 471 g/mol. The second-order valence-electron chi connectivity index (χ2n) is 11.5. The van der Waals surface area contributed by atoms with E-state index >= 15 is 0 Å². The van der Waals surface area contributed by atoms with Gasteiger partial charge in [0, 0.05) is 31.4 Å². The summed E-state index contributed by atoms with van der Waals surface area (Å²) in [5, 5.41) is 0. The molecule has 1 aromatic carbocycles. The lowest BCUT2D eigenvalue weighted by Gasteiger charge is -2.41. The normalized spacial score (nSPS) is 19.0. The third-order valence-corrected chi connectivity index (χ3v) is 7.59. The molecule has 0 aromatic heterocycles. The van der Waals surface area contributed by atoms with Crippen molar-refractivity contribution < 1.29 is 9.53 Å². The predicted octanol–water partition coefficient (Wildman–Crippen LogP) is 5.86. The van der Waals surface area contributed by atoms with Crippen molar-refractivity contribution in [1.29, 1.82) is 0 Å². The summed E-state index contributed by atoms with van der Waals surface area (Å²) in [4.78, 5) is 17.3. The molecule has 2 fully saturated rings. The van der Waals surface area contributed by atoms with Gasteiger partial charge < -0.3 is 20.3 Å². The maximum absolute atomic E-state index is 12.8. The Bertz CT molecular complexity index is 719. The molecule has 0 radical (unpaired) electrons. The van der Waals surface area contributed by atoms with Crippen LogP contribution < -0.4 is 15.4 Å². The number of likely N-dealkylation sites (tertiary alicyclic amines) is 1. The zero-order valence-corrected chi connectivity index (χ0v) is 22.2. The SMILES string of the molecule is CC(C)CCN(c1ccc(OCC2CCCCC2)cc1)C1CCN(C(=O)[C@@H](N)CC(C)C)CC1. The fraction of sp³-hybridized carbons (Fsp3) is 0.759. The number of hydrogen-bond acceptors (Lipinski definition) is 4. The van der Waals surface area contributed by atoms with Crippen molar-refractivity contribution in [2.45, 2.75) is 97.6 Å². The summed E-state index contributed by atoms with van der Waals surface area (Å²) in [5.41, 5.74) is 7.46. The van der Waals surface area contributed by atoms with Crippen LogP contribution in [0.2, 0.25) is 0 Å². The average molecular weight is 472 g/mol. The topological polar surface area (TPSA) is 58.8 Å². The van der Waals surface area contributed by atoms with Gasteiger partial charge in [0.15, 0.2) is 0 Å². The summed E-state index contributed by atoms with van der Waals surface area (Å²) in [7, 11) is 0. The molecule has 0 unspecified atom stereocenters. The van der Waals surface area contributed by atoms with Crippen LogP contribution in [0.5, 0.6) is 5.75 Å². The molecule has 192 valence electrons. The van der Waals surface area contributed by atoms with Gasteiger partial charge in [-0.15, -0.1) is 0 Å². The lowest BCUT2D eigenvalue weighted by Crippen LogP contribution is -2.51. The van der Waals surface area contributed by atoms with Crippen molar-refractivity contribution in [3.8, 4) is 5.75 Å². The van der Waals surface area contributed by atoms with Gasteiger partial charge in [-0.2, -0.15) is 0 Å². The van der Waals surface area contributed by atoms with E-state index < -0.39 is 0 Å². The summed E-state index contributed by atoms with van der Waals surface area (Å²) in [6.45, 7) is 12.3. The summed E-state index contributed by atoms with van der Waals surface area (Å²) in [6, 6.07) is 8.83. The average Bonchev–Trinajstić information content (AvgIpc) is 2.83. The highest BCUT2D eigenvalue weighted by molar-refractivity contribution is 5.81. The van der Waals surface area contributed by atoms with Crippen molar-refractivity contribution in [2.75, 3.05) is 31.1 Å². The van der Waals surface area contributed by atoms with Crippen molar-refractivity contribution in [3.63, 3.8) is 0 Å². The maximum atomic E-state index is 12.8. The van der Waals surface area contributed by atoms with Gasteiger partial charge in [0.05, 0.1) is 12.6 Å². The molecule has 1 heterocycles. The summed E-state index contributed by atoms with van der Waals surface area (Å²) in [5.74, 6) is 2.93. The van der Waals surface area contributed by atoms with Crippen LogP contribution in [-0.4, -0.2) is 49.1 Å². The van der Waals surface area contributed by atoms with Crippen LogP contribution in [0.1, 0.15) is 85.5 Å². The number of hydrogen-bond donors (Lipinski definition) is 1. The molecule has 2 aliphatic rings. The minimum absolute atomic E-state index is 0.125. The zero-order valence-electron chi connectivity index (χ0n) is 22.2. The van der Waals surface area contributed by atoms with Crippen LogP contribution in [0.3, 0.4) is 0 Å². The van der Waals surface area contributed by atoms with E-state index in [1.54, 1.807) is 0 Å². The van der Waals surface area contributed by atoms with Crippen LogP contribution in [-0.2, 0) is 4.79 Å². The predicted molar refractivity (Wildman–Crippen MR) is 142 cm³/mol. The van der Waals surface area contributed by atoms with Crippen LogP contribution >= 0.6 is 0 Å². The molecular weight excluding hydrogens is 422 g/mol. The molecule has 1 aliphatic carbocycles. The Morgan fingerprint density at radius 3 is 2.24 bits per heavy atom. The highest BCUT2D eigenvalue weighted by Crippen LogP contribution is 2.29. The van der Waals surface area contributed by atoms with Crippen LogP contribution in [0, 0.1) is 17.8 Å². The third kappa shape index (κ3) is 8.18. The van der Waals surface area contributed by atoms with E-state index in [4.69, 9.17) is 10.5 Å². The van der Waals surface area contributed by atoms with Crippen molar-refractivity contribution >= 4 is 11.6 Å². The number of anilines is 1. The van der Waals surface area contributed by atoms with Gasteiger partial charge in [-0.05, 0) is 80.5 Å². The van der Waals surface area contributed by atoms with Gasteiger partial charge >= 0.3 is 0 Å². The first kappa shape index (κ1) is 26.8. The molecule has 2 N–H and O–H groups in total. The van der Waals surface area contributed by atoms with E-state index in [2.05, 4.69) is 56.9 Å². The van der Waals surface area contributed by atoms with Crippen LogP contribution in [0.25, 0.3) is 0 Å². The number of nitrogens with two attached hydrogens (primary N) is 1. The molecule has 1 aromatic rings. The summed E-state index contributed by atoms with van der Waals surface area (Å²) >= 11 is 0. The quantitative estimate of drug-likeness (QED) is 0.439. The molecule has 1 amide bonds. The number of ether oxygens (including phenoxy) is 1. The van der Waals surface area contributed by atoms with Gasteiger partial charge in [0.2, 0.25) is 5.91 Å². The lowest BCUT2D eigenvalue weighted by molar-refractivity contribution is -0.134. The molecule has 34 heavy (non-hydrogen) atoms. The molecule has 1 saturated carbocycles. The Hall–Kier alpha value is -1.75. The molecule has 0 spiro atoms. The Labute approximate surface area is 208 Å². The van der Waals surface area contributed by atoms with Gasteiger partial charge in [-0.3, -0.25) is 4.79 Å². The first-order valence-corrected chi connectivity index (χ1v) is 13.9. The standard InChI is InChI=1S/C29H49N3O2/c1-22(2)14-19-32(26-15-17-31(18-16-26)29(33)28(30)20-23(3)4)25-10-12-27(13-11-25)34-21-24-8-6-5-7-9-24/h10-13,22-24,26,28H,5-9,14-21,30H2,1-4H3/t28-/m0/s1. The first-order valence-electron chi connectivity index (χ1n) is 13.9. The Morgan fingerprint density at radius 1 is 1.00 bits per heavy atom. The van der Waals surface area contributed by atoms with Crippen LogP contribution in [0.4, 0.5) is 5.69 Å². The third-order valence-electron chi connectivity index (χ3n) is 7.59. The molecule has 1 atom stereocenters.